The lowest BCUT2D eigenvalue weighted by atomic mass is 10.0. The van der Waals surface area contributed by atoms with Gasteiger partial charge in [-0.2, -0.15) is 0 Å². The van der Waals surface area contributed by atoms with E-state index in [0.717, 1.165) is 11.1 Å². The maximum absolute atomic E-state index is 12.3. The number of hydrogen-bond donors (Lipinski definition) is 1. The molecule has 0 aliphatic carbocycles. The normalized spacial score (nSPS) is 19.0. The molecule has 1 heterocycles. The molecule has 25 heavy (non-hydrogen) atoms. The zero-order valence-corrected chi connectivity index (χ0v) is 15.4. The average molecular weight is 376 g/mol. The number of rotatable bonds is 6. The van der Waals surface area contributed by atoms with Gasteiger partial charge in [-0.15, -0.1) is 11.8 Å². The molecule has 1 amide bonds. The monoisotopic (exact) mass is 375 g/mol. The third-order valence-electron chi connectivity index (χ3n) is 4.18. The van der Waals surface area contributed by atoms with Crippen LogP contribution in [0.4, 0.5) is 0 Å². The maximum Gasteiger partial charge on any atom is 0.230 e. The smallest absolute Gasteiger partial charge is 0.230 e. The third kappa shape index (κ3) is 5.09. The standard InChI is InChI=1S/C19H21NO3S2/c21-18(20-17-11-12-25(22,23)14-17)13-24-19(15-7-3-1-4-8-15)16-9-5-2-6-10-16/h1-10,17,19H,11-14H2,(H,20,21)/t17-/m0/s1. The summed E-state index contributed by atoms with van der Waals surface area (Å²) in [7, 11) is -2.98. The summed E-state index contributed by atoms with van der Waals surface area (Å²) in [6.07, 6.45) is 0.513. The van der Waals surface area contributed by atoms with Gasteiger partial charge in [0.1, 0.15) is 0 Å². The number of benzene rings is 2. The van der Waals surface area contributed by atoms with Crippen molar-refractivity contribution in [2.24, 2.45) is 0 Å². The van der Waals surface area contributed by atoms with Gasteiger partial charge in [0.25, 0.3) is 0 Å². The lowest BCUT2D eigenvalue weighted by Crippen LogP contribution is -2.36. The SMILES string of the molecule is O=C(CSC(c1ccccc1)c1ccccc1)N[C@H]1CCS(=O)(=O)C1. The molecule has 4 nitrogen and oxygen atoms in total. The second-order valence-electron chi connectivity index (χ2n) is 6.18. The Bertz CT molecular complexity index is 768. The Kier molecular flexibility index (Phi) is 5.81. The number of thioether (sulfide) groups is 1. The van der Waals surface area contributed by atoms with Crippen molar-refractivity contribution in [3.8, 4) is 0 Å². The van der Waals surface area contributed by atoms with Crippen LogP contribution >= 0.6 is 11.8 Å². The molecular weight excluding hydrogens is 354 g/mol. The molecule has 132 valence electrons. The predicted octanol–water partition coefficient (Wildman–Crippen LogP) is 2.81. The highest BCUT2D eigenvalue weighted by Gasteiger charge is 2.29. The minimum absolute atomic E-state index is 0.0597. The van der Waals surface area contributed by atoms with E-state index in [1.54, 1.807) is 11.8 Å². The number of carbonyl (C=O) groups excluding carboxylic acids is 1. The van der Waals surface area contributed by atoms with Crippen molar-refractivity contribution < 1.29 is 13.2 Å². The van der Waals surface area contributed by atoms with Crippen LogP contribution in [-0.2, 0) is 14.6 Å². The molecule has 1 atom stereocenters. The number of carbonyl (C=O) groups is 1. The molecule has 0 saturated carbocycles. The number of amides is 1. The van der Waals surface area contributed by atoms with Gasteiger partial charge in [-0.05, 0) is 17.5 Å². The quantitative estimate of drug-likeness (QED) is 0.843. The Morgan fingerprint density at radius 3 is 2.08 bits per heavy atom. The van der Waals surface area contributed by atoms with Gasteiger partial charge < -0.3 is 5.32 Å². The van der Waals surface area contributed by atoms with Crippen LogP contribution in [-0.4, -0.2) is 37.6 Å². The molecule has 1 aliphatic heterocycles. The molecule has 6 heteroatoms. The van der Waals surface area contributed by atoms with E-state index >= 15 is 0 Å². The summed E-state index contributed by atoms with van der Waals surface area (Å²) < 4.78 is 23.0. The molecule has 1 saturated heterocycles. The molecule has 0 unspecified atom stereocenters. The van der Waals surface area contributed by atoms with Crippen LogP contribution in [0.3, 0.4) is 0 Å². The van der Waals surface area contributed by atoms with Crippen LogP contribution in [0.15, 0.2) is 60.7 Å². The van der Waals surface area contributed by atoms with Crippen LogP contribution in [0.5, 0.6) is 0 Å². The summed E-state index contributed by atoms with van der Waals surface area (Å²) >= 11 is 1.56. The van der Waals surface area contributed by atoms with Gasteiger partial charge >= 0.3 is 0 Å². The molecule has 1 fully saturated rings. The van der Waals surface area contributed by atoms with E-state index in [4.69, 9.17) is 0 Å². The van der Waals surface area contributed by atoms with E-state index in [0.29, 0.717) is 12.2 Å². The minimum atomic E-state index is -2.98. The summed E-state index contributed by atoms with van der Waals surface area (Å²) in [5.74, 6) is 0.417. The molecule has 2 aromatic carbocycles. The zero-order valence-electron chi connectivity index (χ0n) is 13.8. The fraction of sp³-hybridized carbons (Fsp3) is 0.316. The topological polar surface area (TPSA) is 63.2 Å². The molecule has 3 rings (SSSR count). The number of sulfone groups is 1. The lowest BCUT2D eigenvalue weighted by molar-refractivity contribution is -0.119. The van der Waals surface area contributed by atoms with Crippen molar-refractivity contribution in [3.05, 3.63) is 71.8 Å². The Hall–Kier alpha value is -1.79. The first-order valence-corrected chi connectivity index (χ1v) is 11.1. The number of hydrogen-bond acceptors (Lipinski definition) is 4. The average Bonchev–Trinajstić information content (AvgIpc) is 2.95. The first kappa shape index (κ1) is 18.0. The lowest BCUT2D eigenvalue weighted by Gasteiger charge is -2.18. The molecule has 0 spiro atoms. The van der Waals surface area contributed by atoms with E-state index in [1.807, 2.05) is 36.4 Å². The van der Waals surface area contributed by atoms with E-state index in [-0.39, 0.29) is 28.7 Å². The maximum atomic E-state index is 12.3. The van der Waals surface area contributed by atoms with Gasteiger partial charge in [-0.3, -0.25) is 4.79 Å². The van der Waals surface area contributed by atoms with Crippen molar-refractivity contribution in [1.29, 1.82) is 0 Å². The van der Waals surface area contributed by atoms with E-state index in [9.17, 15) is 13.2 Å². The third-order valence-corrected chi connectivity index (χ3v) is 7.26. The van der Waals surface area contributed by atoms with E-state index in [2.05, 4.69) is 29.6 Å². The second-order valence-corrected chi connectivity index (χ2v) is 9.50. The molecule has 0 radical (unpaired) electrons. The van der Waals surface area contributed by atoms with E-state index in [1.165, 1.54) is 0 Å². The fourth-order valence-corrected chi connectivity index (χ4v) is 5.75. The van der Waals surface area contributed by atoms with Crippen molar-refractivity contribution >= 4 is 27.5 Å². The first-order valence-electron chi connectivity index (χ1n) is 8.25. The highest BCUT2D eigenvalue weighted by atomic mass is 32.2. The molecule has 2 aromatic rings. The van der Waals surface area contributed by atoms with Crippen molar-refractivity contribution in [1.82, 2.24) is 5.32 Å². The summed E-state index contributed by atoms with van der Waals surface area (Å²) in [6.45, 7) is 0. The van der Waals surface area contributed by atoms with Crippen LogP contribution in [0.2, 0.25) is 0 Å². The highest BCUT2D eigenvalue weighted by molar-refractivity contribution is 8.00. The van der Waals surface area contributed by atoms with Crippen LogP contribution < -0.4 is 5.32 Å². The summed E-state index contributed by atoms with van der Waals surface area (Å²) in [5.41, 5.74) is 2.30. The van der Waals surface area contributed by atoms with Gasteiger partial charge in [0.05, 0.1) is 22.5 Å². The van der Waals surface area contributed by atoms with Gasteiger partial charge in [0, 0.05) is 6.04 Å². The van der Waals surface area contributed by atoms with Gasteiger partial charge in [0.2, 0.25) is 5.91 Å². The molecule has 1 N–H and O–H groups in total. The van der Waals surface area contributed by atoms with Crippen LogP contribution in [0.25, 0.3) is 0 Å². The minimum Gasteiger partial charge on any atom is -0.352 e. The van der Waals surface area contributed by atoms with Crippen LogP contribution in [0.1, 0.15) is 22.8 Å². The van der Waals surface area contributed by atoms with Crippen molar-refractivity contribution in [2.75, 3.05) is 17.3 Å². The summed E-state index contributed by atoms with van der Waals surface area (Å²) in [6, 6.07) is 19.9. The van der Waals surface area contributed by atoms with Gasteiger partial charge in [-0.1, -0.05) is 60.7 Å². The van der Waals surface area contributed by atoms with Gasteiger partial charge in [0.15, 0.2) is 9.84 Å². The Balaban J connectivity index is 1.64. The van der Waals surface area contributed by atoms with E-state index < -0.39 is 9.84 Å². The second kappa shape index (κ2) is 8.06. The molecule has 1 aliphatic rings. The van der Waals surface area contributed by atoms with Crippen LogP contribution in [0, 0.1) is 0 Å². The Morgan fingerprint density at radius 2 is 1.60 bits per heavy atom. The fourth-order valence-electron chi connectivity index (χ4n) is 2.98. The Morgan fingerprint density at radius 1 is 1.04 bits per heavy atom. The largest absolute Gasteiger partial charge is 0.352 e. The first-order chi connectivity index (χ1) is 12.0. The highest BCUT2D eigenvalue weighted by Crippen LogP contribution is 2.35. The van der Waals surface area contributed by atoms with Gasteiger partial charge in [-0.25, -0.2) is 8.42 Å². The predicted molar refractivity (Wildman–Crippen MR) is 102 cm³/mol. The van der Waals surface area contributed by atoms with Crippen molar-refractivity contribution in [2.45, 2.75) is 17.7 Å². The summed E-state index contributed by atoms with van der Waals surface area (Å²) in [5, 5.41) is 2.92. The summed E-state index contributed by atoms with van der Waals surface area (Å²) in [4.78, 5) is 12.3. The van der Waals surface area contributed by atoms with Crippen molar-refractivity contribution in [3.63, 3.8) is 0 Å². The Labute approximate surface area is 152 Å². The number of nitrogens with one attached hydrogen (secondary N) is 1. The molecule has 0 aromatic heterocycles. The molecule has 0 bridgehead atoms. The zero-order chi connectivity index (χ0) is 17.7. The molecular formula is C19H21NO3S2.